The highest BCUT2D eigenvalue weighted by Crippen LogP contribution is 2.32. The molecular weight excluding hydrogens is 306 g/mol. The first-order valence-electron chi connectivity index (χ1n) is 8.47. The van der Waals surface area contributed by atoms with Crippen LogP contribution in [-0.2, 0) is 17.6 Å². The highest BCUT2D eigenvalue weighted by atomic mass is 32.1. The van der Waals surface area contributed by atoms with Gasteiger partial charge in [0.25, 0.3) is 0 Å². The third-order valence-electron chi connectivity index (χ3n) is 4.79. The number of rotatable bonds is 6. The van der Waals surface area contributed by atoms with Crippen molar-refractivity contribution < 1.29 is 9.90 Å². The van der Waals surface area contributed by atoms with Crippen molar-refractivity contribution in [3.05, 3.63) is 34.7 Å². The number of hydrogen-bond acceptors (Lipinski definition) is 3. The molecule has 0 aliphatic carbocycles. The van der Waals surface area contributed by atoms with Crippen LogP contribution >= 0.6 is 11.3 Å². The number of aliphatic carboxylic acids is 1. The van der Waals surface area contributed by atoms with Crippen molar-refractivity contribution in [2.75, 3.05) is 13.1 Å². The van der Waals surface area contributed by atoms with Crippen molar-refractivity contribution in [1.29, 1.82) is 0 Å². The summed E-state index contributed by atoms with van der Waals surface area (Å²) < 4.78 is 1.26. The maximum Gasteiger partial charge on any atom is 0.307 e. The molecule has 0 bridgehead atoms. The molecule has 0 amide bonds. The Hall–Kier alpha value is -1.39. The Morgan fingerprint density at radius 3 is 2.87 bits per heavy atom. The topological polar surface area (TPSA) is 49.3 Å². The van der Waals surface area contributed by atoms with Crippen LogP contribution in [0.15, 0.2) is 23.6 Å². The summed E-state index contributed by atoms with van der Waals surface area (Å²) in [7, 11) is 0. The summed E-state index contributed by atoms with van der Waals surface area (Å²) in [4.78, 5) is 11.7. The van der Waals surface area contributed by atoms with E-state index in [1.165, 1.54) is 21.2 Å². The fraction of sp³-hybridized carbons (Fsp3) is 0.526. The van der Waals surface area contributed by atoms with Crippen LogP contribution in [-0.4, -0.2) is 24.2 Å². The maximum absolute atomic E-state index is 11.7. The first-order valence-corrected chi connectivity index (χ1v) is 9.35. The van der Waals surface area contributed by atoms with Crippen molar-refractivity contribution in [2.24, 2.45) is 17.8 Å². The number of nitrogens with one attached hydrogen (secondary N) is 1. The normalized spacial score (nSPS) is 19.5. The molecule has 1 aromatic carbocycles. The second kappa shape index (κ2) is 7.02. The molecule has 124 valence electrons. The van der Waals surface area contributed by atoms with Crippen LogP contribution in [0.25, 0.3) is 10.1 Å². The van der Waals surface area contributed by atoms with Gasteiger partial charge in [-0.2, -0.15) is 0 Å². The quantitative estimate of drug-likeness (QED) is 0.842. The third-order valence-corrected chi connectivity index (χ3v) is 5.80. The van der Waals surface area contributed by atoms with Crippen LogP contribution in [0.2, 0.25) is 0 Å². The standard InChI is InChI=1S/C19H25NO2S/c1-12(2)7-13-3-4-18-16(8-13)15(11-23-18)9-17(19(21)22)14-5-6-20-10-14/h3-4,8,11-12,14,17,20H,5-7,9-10H2,1-2H3,(H,21,22)/t14-,17-/m0/s1. The molecule has 0 spiro atoms. The molecule has 1 fully saturated rings. The largest absolute Gasteiger partial charge is 0.481 e. The molecular formula is C19H25NO2S. The smallest absolute Gasteiger partial charge is 0.307 e. The van der Waals surface area contributed by atoms with E-state index in [9.17, 15) is 9.90 Å². The lowest BCUT2D eigenvalue weighted by atomic mass is 9.86. The van der Waals surface area contributed by atoms with Gasteiger partial charge in [-0.25, -0.2) is 0 Å². The molecule has 1 aliphatic rings. The molecule has 1 aromatic heterocycles. The fourth-order valence-electron chi connectivity index (χ4n) is 3.60. The van der Waals surface area contributed by atoms with E-state index in [2.05, 4.69) is 42.7 Å². The first kappa shape index (κ1) is 16.5. The predicted octanol–water partition coefficient (Wildman–Crippen LogP) is 3.95. The van der Waals surface area contributed by atoms with Crippen molar-refractivity contribution >= 4 is 27.4 Å². The van der Waals surface area contributed by atoms with E-state index in [4.69, 9.17) is 0 Å². The van der Waals surface area contributed by atoms with E-state index in [1.54, 1.807) is 11.3 Å². The average Bonchev–Trinajstić information content (AvgIpc) is 3.13. The minimum absolute atomic E-state index is 0.251. The van der Waals surface area contributed by atoms with Crippen LogP contribution < -0.4 is 5.32 Å². The number of thiophene rings is 1. The van der Waals surface area contributed by atoms with Crippen molar-refractivity contribution in [2.45, 2.75) is 33.1 Å². The lowest BCUT2D eigenvalue weighted by molar-refractivity contribution is -0.143. The van der Waals surface area contributed by atoms with E-state index >= 15 is 0 Å². The van der Waals surface area contributed by atoms with Gasteiger partial charge in [0.2, 0.25) is 0 Å². The molecule has 0 unspecified atom stereocenters. The van der Waals surface area contributed by atoms with Crippen LogP contribution in [0.5, 0.6) is 0 Å². The summed E-state index contributed by atoms with van der Waals surface area (Å²) in [6.07, 6.45) is 2.69. The van der Waals surface area contributed by atoms with Gasteiger partial charge in [0.1, 0.15) is 0 Å². The van der Waals surface area contributed by atoms with Gasteiger partial charge in [0.05, 0.1) is 5.92 Å². The number of benzene rings is 1. The lowest BCUT2D eigenvalue weighted by Gasteiger charge is -2.18. The van der Waals surface area contributed by atoms with Gasteiger partial charge < -0.3 is 10.4 Å². The zero-order valence-corrected chi connectivity index (χ0v) is 14.7. The number of carboxylic acids is 1. The maximum atomic E-state index is 11.7. The summed E-state index contributed by atoms with van der Waals surface area (Å²) in [5, 5.41) is 16.4. The first-order chi connectivity index (χ1) is 11.0. The number of hydrogen-bond donors (Lipinski definition) is 2. The summed E-state index contributed by atoms with van der Waals surface area (Å²) in [5.41, 5.74) is 2.55. The van der Waals surface area contributed by atoms with Gasteiger partial charge in [-0.15, -0.1) is 11.3 Å². The van der Waals surface area contributed by atoms with Crippen molar-refractivity contribution in [3.63, 3.8) is 0 Å². The summed E-state index contributed by atoms with van der Waals surface area (Å²) in [6, 6.07) is 6.67. The molecule has 3 nitrogen and oxygen atoms in total. The van der Waals surface area contributed by atoms with Crippen molar-refractivity contribution in [3.8, 4) is 0 Å². The monoisotopic (exact) mass is 331 g/mol. The molecule has 1 saturated heterocycles. The van der Waals surface area contributed by atoms with Crippen LogP contribution in [0, 0.1) is 17.8 Å². The van der Waals surface area contributed by atoms with Gasteiger partial charge in [-0.05, 0) is 72.1 Å². The average molecular weight is 331 g/mol. The van der Waals surface area contributed by atoms with E-state index in [1.807, 2.05) is 0 Å². The van der Waals surface area contributed by atoms with E-state index in [-0.39, 0.29) is 11.8 Å². The SMILES string of the molecule is CC(C)Cc1ccc2scc(C[C@H](C(=O)O)[C@H]3CCNC3)c2c1. The summed E-state index contributed by atoms with van der Waals surface area (Å²) in [5.74, 6) is -0.0555. The predicted molar refractivity (Wildman–Crippen MR) is 96.2 cm³/mol. The lowest BCUT2D eigenvalue weighted by Crippen LogP contribution is -2.27. The minimum atomic E-state index is -0.656. The summed E-state index contributed by atoms with van der Waals surface area (Å²) in [6.45, 7) is 6.23. The molecule has 2 heterocycles. The molecule has 4 heteroatoms. The molecule has 2 aromatic rings. The van der Waals surface area contributed by atoms with Gasteiger partial charge in [-0.3, -0.25) is 4.79 Å². The van der Waals surface area contributed by atoms with E-state index in [0.29, 0.717) is 12.3 Å². The zero-order chi connectivity index (χ0) is 16.4. The zero-order valence-electron chi connectivity index (χ0n) is 13.8. The number of carboxylic acid groups (broad SMARTS) is 1. The van der Waals surface area contributed by atoms with Crippen LogP contribution in [0.1, 0.15) is 31.4 Å². The molecule has 1 aliphatic heterocycles. The molecule has 2 N–H and O–H groups in total. The Labute approximate surface area is 141 Å². The van der Waals surface area contributed by atoms with Gasteiger partial charge in [-0.1, -0.05) is 26.0 Å². The minimum Gasteiger partial charge on any atom is -0.481 e. The molecule has 2 atom stereocenters. The van der Waals surface area contributed by atoms with Gasteiger partial charge >= 0.3 is 5.97 Å². The Morgan fingerprint density at radius 2 is 2.22 bits per heavy atom. The van der Waals surface area contributed by atoms with Crippen molar-refractivity contribution in [1.82, 2.24) is 5.32 Å². The molecule has 23 heavy (non-hydrogen) atoms. The van der Waals surface area contributed by atoms with E-state index < -0.39 is 5.97 Å². The second-order valence-electron chi connectivity index (χ2n) is 7.09. The van der Waals surface area contributed by atoms with E-state index in [0.717, 1.165) is 25.9 Å². The Kier molecular flexibility index (Phi) is 5.02. The van der Waals surface area contributed by atoms with Crippen LogP contribution in [0.3, 0.4) is 0 Å². The second-order valence-corrected chi connectivity index (χ2v) is 8.00. The molecule has 3 rings (SSSR count). The highest BCUT2D eigenvalue weighted by molar-refractivity contribution is 7.17. The van der Waals surface area contributed by atoms with Gasteiger partial charge in [0.15, 0.2) is 0 Å². The number of carbonyl (C=O) groups is 1. The number of fused-ring (bicyclic) bond motifs is 1. The van der Waals surface area contributed by atoms with Crippen LogP contribution in [0.4, 0.5) is 0 Å². The Morgan fingerprint density at radius 1 is 1.39 bits per heavy atom. The Balaban J connectivity index is 1.87. The summed E-state index contributed by atoms with van der Waals surface area (Å²) >= 11 is 1.73. The molecule has 0 radical (unpaired) electrons. The Bertz CT molecular complexity index is 686. The molecule has 0 saturated carbocycles. The van der Waals surface area contributed by atoms with Gasteiger partial charge in [0, 0.05) is 4.70 Å². The highest BCUT2D eigenvalue weighted by Gasteiger charge is 2.31. The fourth-order valence-corrected chi connectivity index (χ4v) is 4.55. The third kappa shape index (κ3) is 3.75.